The van der Waals surface area contributed by atoms with Crippen molar-refractivity contribution < 1.29 is 9.53 Å². The van der Waals surface area contributed by atoms with Gasteiger partial charge in [-0.2, -0.15) is 0 Å². The van der Waals surface area contributed by atoms with Gasteiger partial charge in [0.15, 0.2) is 0 Å². The van der Waals surface area contributed by atoms with Gasteiger partial charge in [-0.3, -0.25) is 10.6 Å². The van der Waals surface area contributed by atoms with Gasteiger partial charge in [0.05, 0.1) is 12.8 Å². The number of nitrogens with two attached hydrogens (primary N) is 1. The van der Waals surface area contributed by atoms with Crippen LogP contribution in [0.4, 0.5) is 11.4 Å². The van der Waals surface area contributed by atoms with Crippen LogP contribution in [0.1, 0.15) is 10.4 Å². The van der Waals surface area contributed by atoms with E-state index in [9.17, 15) is 4.79 Å². The van der Waals surface area contributed by atoms with E-state index in [1.807, 2.05) is 12.1 Å². The fraction of sp³-hybridized carbons (Fsp3) is 0.0714. The van der Waals surface area contributed by atoms with Crippen molar-refractivity contribution in [3.05, 3.63) is 54.1 Å². The first kappa shape index (κ1) is 12.9. The number of hydrogen-bond acceptors (Lipinski definition) is 4. The molecule has 4 N–H and O–H groups in total. The van der Waals surface area contributed by atoms with Crippen LogP contribution < -0.4 is 21.3 Å². The zero-order chi connectivity index (χ0) is 13.7. The minimum Gasteiger partial charge on any atom is -0.495 e. The Morgan fingerprint density at radius 3 is 2.42 bits per heavy atom. The molecule has 0 aliphatic heterocycles. The summed E-state index contributed by atoms with van der Waals surface area (Å²) in [7, 11) is 1.56. The lowest BCUT2D eigenvalue weighted by Gasteiger charge is -2.10. The average Bonchev–Trinajstić information content (AvgIpc) is 2.48. The summed E-state index contributed by atoms with van der Waals surface area (Å²) in [5, 5.41) is 2.80. The lowest BCUT2D eigenvalue weighted by molar-refractivity contribution is 0.102. The molecule has 0 saturated carbocycles. The summed E-state index contributed by atoms with van der Waals surface area (Å²) < 4.78 is 5.18. The summed E-state index contributed by atoms with van der Waals surface area (Å²) in [5.41, 5.74) is 4.44. The first-order valence-electron chi connectivity index (χ1n) is 5.75. The van der Waals surface area contributed by atoms with Crippen LogP contribution in [0.25, 0.3) is 0 Å². The molecule has 2 aromatic rings. The van der Waals surface area contributed by atoms with E-state index < -0.39 is 0 Å². The van der Waals surface area contributed by atoms with E-state index in [4.69, 9.17) is 10.6 Å². The first-order valence-corrected chi connectivity index (χ1v) is 5.75. The van der Waals surface area contributed by atoms with E-state index >= 15 is 0 Å². The number of methoxy groups -OCH3 is 1. The maximum Gasteiger partial charge on any atom is 0.255 e. The topological polar surface area (TPSA) is 76.4 Å². The Balaban J connectivity index is 2.16. The van der Waals surface area contributed by atoms with E-state index in [1.54, 1.807) is 43.5 Å². The van der Waals surface area contributed by atoms with Crippen molar-refractivity contribution >= 4 is 17.3 Å². The molecule has 0 fully saturated rings. The fourth-order valence-corrected chi connectivity index (χ4v) is 1.66. The molecule has 5 heteroatoms. The van der Waals surface area contributed by atoms with Crippen LogP contribution in [0, 0.1) is 0 Å². The van der Waals surface area contributed by atoms with Crippen LogP contribution in [0.5, 0.6) is 5.75 Å². The van der Waals surface area contributed by atoms with Crippen molar-refractivity contribution in [1.82, 2.24) is 0 Å². The van der Waals surface area contributed by atoms with Crippen molar-refractivity contribution in [3.8, 4) is 5.75 Å². The highest BCUT2D eigenvalue weighted by Gasteiger charge is 2.08. The molecule has 0 heterocycles. The van der Waals surface area contributed by atoms with Gasteiger partial charge in [-0.05, 0) is 36.4 Å². The number of anilines is 2. The van der Waals surface area contributed by atoms with Gasteiger partial charge in [0.1, 0.15) is 5.75 Å². The number of hydrogen-bond donors (Lipinski definition) is 3. The molecule has 0 unspecified atom stereocenters. The third-order valence-electron chi connectivity index (χ3n) is 2.67. The molecule has 98 valence electrons. The van der Waals surface area contributed by atoms with Gasteiger partial charge in [0.25, 0.3) is 5.91 Å². The number of carbonyl (C=O) groups is 1. The molecule has 0 bridgehead atoms. The summed E-state index contributed by atoms with van der Waals surface area (Å²) in [4.78, 5) is 12.1. The van der Waals surface area contributed by atoms with Crippen LogP contribution >= 0.6 is 0 Å². The number of hydrazine groups is 1. The van der Waals surface area contributed by atoms with Gasteiger partial charge in [-0.15, -0.1) is 0 Å². The molecule has 0 atom stereocenters. The number of amides is 1. The lowest BCUT2D eigenvalue weighted by atomic mass is 10.2. The van der Waals surface area contributed by atoms with Gasteiger partial charge >= 0.3 is 0 Å². The molecule has 2 rings (SSSR count). The van der Waals surface area contributed by atoms with Crippen molar-refractivity contribution in [3.63, 3.8) is 0 Å². The molecule has 0 spiro atoms. The predicted octanol–water partition coefficient (Wildman–Crippen LogP) is 2.23. The largest absolute Gasteiger partial charge is 0.495 e. The number of carbonyl (C=O) groups excluding carboxylic acids is 1. The first-order chi connectivity index (χ1) is 9.24. The number of nitrogen functional groups attached to an aromatic ring is 1. The Labute approximate surface area is 111 Å². The summed E-state index contributed by atoms with van der Waals surface area (Å²) in [5.74, 6) is 5.69. The maximum absolute atomic E-state index is 12.1. The van der Waals surface area contributed by atoms with Crippen LogP contribution in [-0.2, 0) is 0 Å². The Kier molecular flexibility index (Phi) is 4.00. The van der Waals surface area contributed by atoms with Gasteiger partial charge < -0.3 is 15.5 Å². The third-order valence-corrected chi connectivity index (χ3v) is 2.67. The zero-order valence-corrected chi connectivity index (χ0v) is 10.5. The summed E-state index contributed by atoms with van der Waals surface area (Å²) >= 11 is 0. The molecular weight excluding hydrogens is 242 g/mol. The van der Waals surface area contributed by atoms with E-state index in [-0.39, 0.29) is 5.91 Å². The van der Waals surface area contributed by atoms with Crippen molar-refractivity contribution in [2.45, 2.75) is 0 Å². The normalized spacial score (nSPS) is 9.79. The zero-order valence-electron chi connectivity index (χ0n) is 10.5. The van der Waals surface area contributed by atoms with Gasteiger partial charge in [0.2, 0.25) is 0 Å². The number of ether oxygens (including phenoxy) is 1. The van der Waals surface area contributed by atoms with E-state index in [0.29, 0.717) is 17.0 Å². The SMILES string of the molecule is COc1ccccc1NC(=O)c1ccc(NN)cc1. The molecule has 0 aliphatic rings. The average molecular weight is 257 g/mol. The highest BCUT2D eigenvalue weighted by molar-refractivity contribution is 6.05. The fourth-order valence-electron chi connectivity index (χ4n) is 1.66. The van der Waals surface area contributed by atoms with Crippen molar-refractivity contribution in [2.24, 2.45) is 5.84 Å². The molecule has 2 aromatic carbocycles. The number of para-hydroxylation sites is 2. The lowest BCUT2D eigenvalue weighted by Crippen LogP contribution is -2.13. The van der Waals surface area contributed by atoms with Gasteiger partial charge in [-0.25, -0.2) is 0 Å². The molecule has 1 amide bonds. The second-order valence-electron chi connectivity index (χ2n) is 3.88. The quantitative estimate of drug-likeness (QED) is 0.580. The standard InChI is InChI=1S/C14H15N3O2/c1-19-13-5-3-2-4-12(13)16-14(18)10-6-8-11(17-15)9-7-10/h2-9,17H,15H2,1H3,(H,16,18). The second kappa shape index (κ2) is 5.88. The van der Waals surface area contributed by atoms with Gasteiger partial charge in [-0.1, -0.05) is 12.1 Å². The van der Waals surface area contributed by atoms with E-state index in [0.717, 1.165) is 5.69 Å². The molecule has 5 nitrogen and oxygen atoms in total. The Morgan fingerprint density at radius 1 is 1.11 bits per heavy atom. The molecule has 0 saturated heterocycles. The van der Waals surface area contributed by atoms with Crippen LogP contribution in [0.3, 0.4) is 0 Å². The molecule has 0 aromatic heterocycles. The molecule has 0 radical (unpaired) electrons. The summed E-state index contributed by atoms with van der Waals surface area (Å²) in [6.45, 7) is 0. The van der Waals surface area contributed by atoms with Crippen LogP contribution in [0.2, 0.25) is 0 Å². The number of rotatable bonds is 4. The van der Waals surface area contributed by atoms with Crippen LogP contribution in [0.15, 0.2) is 48.5 Å². The Morgan fingerprint density at radius 2 is 1.79 bits per heavy atom. The molecule has 19 heavy (non-hydrogen) atoms. The minimum atomic E-state index is -0.201. The highest BCUT2D eigenvalue weighted by atomic mass is 16.5. The maximum atomic E-state index is 12.1. The molecular formula is C14H15N3O2. The Hall–Kier alpha value is -2.53. The van der Waals surface area contributed by atoms with E-state index in [2.05, 4.69) is 10.7 Å². The summed E-state index contributed by atoms with van der Waals surface area (Å²) in [6.07, 6.45) is 0. The smallest absolute Gasteiger partial charge is 0.255 e. The minimum absolute atomic E-state index is 0.201. The Bertz CT molecular complexity index is 567. The monoisotopic (exact) mass is 257 g/mol. The third kappa shape index (κ3) is 3.02. The second-order valence-corrected chi connectivity index (χ2v) is 3.88. The van der Waals surface area contributed by atoms with E-state index in [1.165, 1.54) is 0 Å². The van der Waals surface area contributed by atoms with Crippen LogP contribution in [-0.4, -0.2) is 13.0 Å². The highest BCUT2D eigenvalue weighted by Crippen LogP contribution is 2.23. The van der Waals surface area contributed by atoms with Crippen molar-refractivity contribution in [2.75, 3.05) is 17.9 Å². The van der Waals surface area contributed by atoms with Gasteiger partial charge in [0, 0.05) is 11.3 Å². The number of nitrogens with one attached hydrogen (secondary N) is 2. The summed E-state index contributed by atoms with van der Waals surface area (Å²) in [6, 6.07) is 14.1. The number of benzene rings is 2. The molecule has 0 aliphatic carbocycles. The predicted molar refractivity (Wildman–Crippen MR) is 75.2 cm³/mol. The van der Waals surface area contributed by atoms with Crippen molar-refractivity contribution in [1.29, 1.82) is 0 Å².